The van der Waals surface area contributed by atoms with Crippen molar-refractivity contribution in [1.82, 2.24) is 44.9 Å². The first-order valence-electron chi connectivity index (χ1n) is 15.1. The molecule has 0 spiro atoms. The Morgan fingerprint density at radius 3 is 2.56 bits per heavy atom. The molecule has 0 radical (unpaired) electrons. The van der Waals surface area contributed by atoms with E-state index < -0.39 is 0 Å². The van der Waals surface area contributed by atoms with Gasteiger partial charge in [0.1, 0.15) is 36.2 Å². The summed E-state index contributed by atoms with van der Waals surface area (Å²) in [6.07, 6.45) is 11.0. The van der Waals surface area contributed by atoms with Gasteiger partial charge in [-0.1, -0.05) is 0 Å². The smallest absolute Gasteiger partial charge is 0.159 e. The third-order valence-electron chi connectivity index (χ3n) is 7.94. The van der Waals surface area contributed by atoms with Crippen LogP contribution in [-0.2, 0) is 0 Å². The van der Waals surface area contributed by atoms with E-state index in [2.05, 4.69) is 39.9 Å². The summed E-state index contributed by atoms with van der Waals surface area (Å²) >= 11 is 0. The zero-order valence-corrected chi connectivity index (χ0v) is 25.3. The molecule has 1 aliphatic heterocycles. The predicted molar refractivity (Wildman–Crippen MR) is 171 cm³/mol. The van der Waals surface area contributed by atoms with Crippen molar-refractivity contribution in [2.24, 2.45) is 0 Å². The quantitative estimate of drug-likeness (QED) is 0.205. The molecule has 45 heavy (non-hydrogen) atoms. The molecule has 12 heteroatoms. The van der Waals surface area contributed by atoms with Gasteiger partial charge in [0.05, 0.1) is 40.8 Å². The molecule has 11 nitrogen and oxygen atoms in total. The molecule has 0 saturated carbocycles. The normalized spacial score (nSPS) is 13.8. The molecule has 1 fully saturated rings. The van der Waals surface area contributed by atoms with Crippen LogP contribution in [0.3, 0.4) is 0 Å². The van der Waals surface area contributed by atoms with E-state index in [0.717, 1.165) is 48.3 Å². The number of ether oxygens (including phenoxy) is 2. The number of halogens is 1. The Balaban J connectivity index is 1.18. The third kappa shape index (κ3) is 6.33. The highest BCUT2D eigenvalue weighted by Crippen LogP contribution is 2.34. The van der Waals surface area contributed by atoms with E-state index in [9.17, 15) is 4.39 Å². The number of likely N-dealkylation sites (N-methyl/N-ethyl adjacent to an activating group) is 1. The second kappa shape index (κ2) is 12.6. The molecule has 0 unspecified atom stereocenters. The summed E-state index contributed by atoms with van der Waals surface area (Å²) in [5.74, 6) is 1.34. The molecule has 6 heterocycles. The number of aromatic amines is 2. The Morgan fingerprint density at radius 2 is 1.69 bits per heavy atom. The number of pyridine rings is 3. The van der Waals surface area contributed by atoms with E-state index >= 15 is 0 Å². The van der Waals surface area contributed by atoms with Crippen molar-refractivity contribution in [2.45, 2.75) is 12.8 Å². The number of imidazole rings is 1. The highest BCUT2D eigenvalue weighted by molar-refractivity contribution is 5.97. The lowest BCUT2D eigenvalue weighted by atomic mass is 10.1. The molecule has 0 aliphatic carbocycles. The first-order chi connectivity index (χ1) is 22.0. The van der Waals surface area contributed by atoms with Crippen molar-refractivity contribution >= 4 is 21.9 Å². The number of nitrogens with one attached hydrogen (secondary N) is 2. The Kier molecular flexibility index (Phi) is 8.05. The molecule has 6 aromatic rings. The number of hydrogen-bond acceptors (Lipinski definition) is 9. The minimum atomic E-state index is -0.378. The maximum absolute atomic E-state index is 14.8. The number of nitrogens with zero attached hydrogens (tertiary/aromatic N) is 7. The summed E-state index contributed by atoms with van der Waals surface area (Å²) in [6, 6.07) is 8.62. The van der Waals surface area contributed by atoms with Crippen molar-refractivity contribution in [1.29, 1.82) is 0 Å². The first-order valence-corrected chi connectivity index (χ1v) is 15.1. The molecule has 7 rings (SSSR count). The number of likely N-dealkylation sites (tertiary alicyclic amines) is 1. The van der Waals surface area contributed by atoms with Gasteiger partial charge in [-0.05, 0) is 69.9 Å². The van der Waals surface area contributed by atoms with E-state index in [1.54, 1.807) is 31.0 Å². The average molecular weight is 608 g/mol. The SMILES string of the molecule is CN(C)CCOc1cncc(-c2cc3c(-c4nc5c(-c6cc(F)cc(OCCN7CCCC7)c6)cncc5[nH]4)n[nH]c3cn2)c1. The monoisotopic (exact) mass is 607 g/mol. The van der Waals surface area contributed by atoms with E-state index in [4.69, 9.17) is 14.5 Å². The minimum Gasteiger partial charge on any atom is -0.492 e. The summed E-state index contributed by atoms with van der Waals surface area (Å²) in [5, 5.41) is 8.46. The molecule has 1 aromatic carbocycles. The number of rotatable bonds is 11. The van der Waals surface area contributed by atoms with Crippen LogP contribution in [0.5, 0.6) is 11.5 Å². The zero-order valence-electron chi connectivity index (χ0n) is 25.3. The van der Waals surface area contributed by atoms with Crippen LogP contribution in [0.25, 0.3) is 55.8 Å². The Labute approximate surface area is 259 Å². The highest BCUT2D eigenvalue weighted by Gasteiger charge is 2.18. The van der Waals surface area contributed by atoms with Crippen LogP contribution in [-0.4, -0.2) is 98.4 Å². The molecular weight excluding hydrogens is 573 g/mol. The predicted octanol–water partition coefficient (Wildman–Crippen LogP) is 5.18. The topological polar surface area (TPSA) is 121 Å². The fourth-order valence-corrected chi connectivity index (χ4v) is 5.60. The first kappa shape index (κ1) is 28.8. The van der Waals surface area contributed by atoms with Gasteiger partial charge in [0, 0.05) is 48.1 Å². The number of fused-ring (bicyclic) bond motifs is 2. The van der Waals surface area contributed by atoms with Gasteiger partial charge < -0.3 is 19.4 Å². The molecule has 5 aromatic heterocycles. The van der Waals surface area contributed by atoms with E-state index in [-0.39, 0.29) is 5.82 Å². The molecule has 1 aliphatic rings. The van der Waals surface area contributed by atoms with Gasteiger partial charge in [0.25, 0.3) is 0 Å². The lowest BCUT2D eigenvalue weighted by Crippen LogP contribution is -2.25. The Bertz CT molecular complexity index is 1950. The second-order valence-corrected chi connectivity index (χ2v) is 11.5. The molecule has 0 amide bonds. The van der Waals surface area contributed by atoms with Gasteiger partial charge in [-0.2, -0.15) is 5.10 Å². The van der Waals surface area contributed by atoms with Crippen LogP contribution in [0, 0.1) is 5.82 Å². The minimum absolute atomic E-state index is 0.378. The van der Waals surface area contributed by atoms with Gasteiger partial charge in [-0.25, -0.2) is 9.37 Å². The number of aromatic nitrogens is 7. The molecule has 0 bridgehead atoms. The van der Waals surface area contributed by atoms with Crippen molar-refractivity contribution in [2.75, 3.05) is 53.5 Å². The van der Waals surface area contributed by atoms with E-state index in [1.807, 2.05) is 32.3 Å². The lowest BCUT2D eigenvalue weighted by Gasteiger charge is -2.15. The van der Waals surface area contributed by atoms with Gasteiger partial charge in [-0.3, -0.25) is 25.0 Å². The van der Waals surface area contributed by atoms with Gasteiger partial charge in [0.15, 0.2) is 5.82 Å². The lowest BCUT2D eigenvalue weighted by molar-refractivity contribution is 0.237. The van der Waals surface area contributed by atoms with E-state index in [1.165, 1.54) is 25.0 Å². The maximum Gasteiger partial charge on any atom is 0.159 e. The van der Waals surface area contributed by atoms with Crippen molar-refractivity contribution in [3.8, 4) is 45.4 Å². The van der Waals surface area contributed by atoms with Gasteiger partial charge in [-0.15, -0.1) is 0 Å². The van der Waals surface area contributed by atoms with Crippen LogP contribution in [0.15, 0.2) is 61.3 Å². The number of H-pyrrole nitrogens is 2. The highest BCUT2D eigenvalue weighted by atomic mass is 19.1. The van der Waals surface area contributed by atoms with Crippen LogP contribution >= 0.6 is 0 Å². The Hall–Kier alpha value is -4.94. The molecule has 2 N–H and O–H groups in total. The van der Waals surface area contributed by atoms with Gasteiger partial charge >= 0.3 is 0 Å². The summed E-state index contributed by atoms with van der Waals surface area (Å²) in [5.41, 5.74) is 5.65. The van der Waals surface area contributed by atoms with Crippen molar-refractivity contribution in [3.05, 3.63) is 67.1 Å². The van der Waals surface area contributed by atoms with Crippen molar-refractivity contribution < 1.29 is 13.9 Å². The van der Waals surface area contributed by atoms with Crippen LogP contribution in [0.1, 0.15) is 12.8 Å². The van der Waals surface area contributed by atoms with E-state index in [0.29, 0.717) is 58.4 Å². The van der Waals surface area contributed by atoms with Crippen LogP contribution in [0.2, 0.25) is 0 Å². The average Bonchev–Trinajstić information content (AvgIpc) is 3.80. The van der Waals surface area contributed by atoms with Crippen LogP contribution < -0.4 is 9.47 Å². The third-order valence-corrected chi connectivity index (χ3v) is 7.94. The molecule has 0 atom stereocenters. The number of benzene rings is 1. The number of hydrogen-bond donors (Lipinski definition) is 2. The summed E-state index contributed by atoms with van der Waals surface area (Å²) in [4.78, 5) is 26.1. The van der Waals surface area contributed by atoms with Gasteiger partial charge in [0.2, 0.25) is 0 Å². The summed E-state index contributed by atoms with van der Waals surface area (Å²) < 4.78 is 26.6. The fourth-order valence-electron chi connectivity index (χ4n) is 5.60. The van der Waals surface area contributed by atoms with Crippen LogP contribution in [0.4, 0.5) is 4.39 Å². The fraction of sp³-hybridized carbons (Fsp3) is 0.303. The Morgan fingerprint density at radius 1 is 0.867 bits per heavy atom. The summed E-state index contributed by atoms with van der Waals surface area (Å²) in [7, 11) is 4.01. The summed E-state index contributed by atoms with van der Waals surface area (Å²) in [6.45, 7) is 4.87. The zero-order chi connectivity index (χ0) is 30.8. The maximum atomic E-state index is 14.8. The standard InChI is InChI=1S/C33H34FN9O2/c1-42(2)7-9-45-25-13-22(16-35-17-25)28-15-26-29(20-37-28)40-41-32(26)33-38-30-19-36-18-27(31(30)39-33)21-11-23(34)14-24(12-21)44-10-8-43-5-3-4-6-43/h11-20H,3-10H2,1-2H3,(H,38,39)(H,40,41). The molecule has 1 saturated heterocycles. The molecular formula is C33H34FN9O2. The molecule has 230 valence electrons. The van der Waals surface area contributed by atoms with Crippen molar-refractivity contribution in [3.63, 3.8) is 0 Å². The largest absolute Gasteiger partial charge is 0.492 e. The second-order valence-electron chi connectivity index (χ2n) is 11.5.